The zero-order valence-corrected chi connectivity index (χ0v) is 8.63. The van der Waals surface area contributed by atoms with Gasteiger partial charge in [0.25, 0.3) is 0 Å². The largest absolute Gasteiger partial charge is 0.383 e. The van der Waals surface area contributed by atoms with Crippen LogP contribution in [0.15, 0.2) is 0 Å². The Hall–Kier alpha value is -0.120. The van der Waals surface area contributed by atoms with Crippen molar-refractivity contribution in [3.8, 4) is 0 Å². The molecule has 1 saturated heterocycles. The van der Waals surface area contributed by atoms with Crippen LogP contribution in [0.1, 0.15) is 6.92 Å². The Labute approximate surface area is 75.3 Å². The topological polar surface area (TPSA) is 15.7 Å². The zero-order valence-electron chi connectivity index (χ0n) is 8.63. The van der Waals surface area contributed by atoms with E-state index >= 15 is 0 Å². The number of methoxy groups -OCH3 is 1. The second kappa shape index (κ2) is 3.73. The van der Waals surface area contributed by atoms with Gasteiger partial charge in [0, 0.05) is 26.7 Å². The highest BCUT2D eigenvalue weighted by Crippen LogP contribution is 2.18. The quantitative estimate of drug-likeness (QED) is 0.594. The fourth-order valence-electron chi connectivity index (χ4n) is 1.84. The van der Waals surface area contributed by atoms with Gasteiger partial charge in [-0.15, -0.1) is 0 Å². The summed E-state index contributed by atoms with van der Waals surface area (Å²) in [6.07, 6.45) is 0. The standard InChI is InChI=1S/C9H20N2O/c1-9(8-12-4)7-10(2)5-6-11(9)3/h5-8H2,1-4H3. The van der Waals surface area contributed by atoms with Crippen molar-refractivity contribution >= 4 is 0 Å². The summed E-state index contributed by atoms with van der Waals surface area (Å²) < 4.78 is 5.23. The highest BCUT2D eigenvalue weighted by Gasteiger charge is 2.33. The molecule has 0 radical (unpaired) electrons. The first-order chi connectivity index (χ1) is 5.58. The molecule has 0 N–H and O–H groups in total. The van der Waals surface area contributed by atoms with E-state index < -0.39 is 0 Å². The fourth-order valence-corrected chi connectivity index (χ4v) is 1.84. The third kappa shape index (κ3) is 1.97. The van der Waals surface area contributed by atoms with Gasteiger partial charge < -0.3 is 9.64 Å². The molecule has 0 aromatic heterocycles. The molecule has 0 spiro atoms. The smallest absolute Gasteiger partial charge is 0.0656 e. The number of hydrogen-bond donors (Lipinski definition) is 0. The molecule has 0 aliphatic carbocycles. The van der Waals surface area contributed by atoms with Gasteiger partial charge in [0.2, 0.25) is 0 Å². The van der Waals surface area contributed by atoms with Crippen molar-refractivity contribution in [2.75, 3.05) is 47.4 Å². The lowest BCUT2D eigenvalue weighted by Crippen LogP contribution is -2.60. The van der Waals surface area contributed by atoms with Gasteiger partial charge in [0.15, 0.2) is 0 Å². The molecule has 0 bridgehead atoms. The van der Waals surface area contributed by atoms with Gasteiger partial charge >= 0.3 is 0 Å². The van der Waals surface area contributed by atoms with Gasteiger partial charge in [-0.3, -0.25) is 4.90 Å². The molecule has 1 atom stereocenters. The summed E-state index contributed by atoms with van der Waals surface area (Å²) in [6, 6.07) is 0. The Morgan fingerprint density at radius 2 is 2.00 bits per heavy atom. The van der Waals surface area contributed by atoms with E-state index in [1.807, 2.05) is 0 Å². The van der Waals surface area contributed by atoms with Gasteiger partial charge in [-0.05, 0) is 21.0 Å². The van der Waals surface area contributed by atoms with Crippen LogP contribution >= 0.6 is 0 Å². The lowest BCUT2D eigenvalue weighted by molar-refractivity contribution is -0.0154. The molecular weight excluding hydrogens is 152 g/mol. The molecule has 12 heavy (non-hydrogen) atoms. The zero-order chi connectivity index (χ0) is 9.19. The SMILES string of the molecule is COCC1(C)CN(C)CCN1C. The van der Waals surface area contributed by atoms with Gasteiger partial charge in [-0.1, -0.05) is 0 Å². The highest BCUT2D eigenvalue weighted by molar-refractivity contribution is 4.91. The normalized spacial score (nSPS) is 34.0. The van der Waals surface area contributed by atoms with Crippen molar-refractivity contribution in [3.63, 3.8) is 0 Å². The molecular formula is C9H20N2O. The maximum absolute atomic E-state index is 5.23. The van der Waals surface area contributed by atoms with Crippen LogP contribution in [0.3, 0.4) is 0 Å². The summed E-state index contributed by atoms with van der Waals surface area (Å²) >= 11 is 0. The molecule has 3 nitrogen and oxygen atoms in total. The van der Waals surface area contributed by atoms with Crippen LogP contribution in [0.4, 0.5) is 0 Å². The van der Waals surface area contributed by atoms with Gasteiger partial charge in [0.1, 0.15) is 0 Å². The van der Waals surface area contributed by atoms with Crippen molar-refractivity contribution in [2.24, 2.45) is 0 Å². The minimum absolute atomic E-state index is 0.196. The van der Waals surface area contributed by atoms with Crippen molar-refractivity contribution in [1.29, 1.82) is 0 Å². The van der Waals surface area contributed by atoms with Gasteiger partial charge in [-0.2, -0.15) is 0 Å². The second-order valence-corrected chi connectivity index (χ2v) is 4.09. The third-order valence-corrected chi connectivity index (χ3v) is 2.80. The van der Waals surface area contributed by atoms with Gasteiger partial charge in [-0.25, -0.2) is 0 Å². The predicted octanol–water partition coefficient (Wildman–Crippen LogP) is 0.269. The van der Waals surface area contributed by atoms with E-state index in [4.69, 9.17) is 4.74 Å². The Kier molecular flexibility index (Phi) is 3.09. The Morgan fingerprint density at radius 3 is 2.58 bits per heavy atom. The van der Waals surface area contributed by atoms with E-state index in [0.29, 0.717) is 0 Å². The summed E-state index contributed by atoms with van der Waals surface area (Å²) in [5, 5.41) is 0. The molecule has 1 unspecified atom stereocenters. The second-order valence-electron chi connectivity index (χ2n) is 4.09. The summed E-state index contributed by atoms with van der Waals surface area (Å²) in [5.74, 6) is 0. The van der Waals surface area contributed by atoms with Crippen molar-refractivity contribution in [1.82, 2.24) is 9.80 Å². The predicted molar refractivity (Wildman–Crippen MR) is 50.4 cm³/mol. The van der Waals surface area contributed by atoms with E-state index in [1.54, 1.807) is 7.11 Å². The summed E-state index contributed by atoms with van der Waals surface area (Å²) in [6.45, 7) is 6.46. The summed E-state index contributed by atoms with van der Waals surface area (Å²) in [5.41, 5.74) is 0.196. The number of hydrogen-bond acceptors (Lipinski definition) is 3. The lowest BCUT2D eigenvalue weighted by Gasteiger charge is -2.45. The van der Waals surface area contributed by atoms with E-state index in [-0.39, 0.29) is 5.54 Å². The monoisotopic (exact) mass is 172 g/mol. The number of piperazine rings is 1. The first kappa shape index (κ1) is 9.96. The molecule has 0 saturated carbocycles. The molecule has 1 rings (SSSR count). The van der Waals surface area contributed by atoms with Crippen LogP contribution in [0.25, 0.3) is 0 Å². The van der Waals surface area contributed by atoms with Gasteiger partial charge in [0.05, 0.1) is 12.1 Å². The number of nitrogens with zero attached hydrogens (tertiary/aromatic N) is 2. The Morgan fingerprint density at radius 1 is 1.33 bits per heavy atom. The van der Waals surface area contributed by atoms with E-state index in [2.05, 4.69) is 30.8 Å². The average Bonchev–Trinajstić information content (AvgIpc) is 1.98. The summed E-state index contributed by atoms with van der Waals surface area (Å²) in [7, 11) is 6.11. The molecule has 0 amide bonds. The minimum Gasteiger partial charge on any atom is -0.383 e. The van der Waals surface area contributed by atoms with Crippen molar-refractivity contribution < 1.29 is 4.74 Å². The molecule has 72 valence electrons. The number of likely N-dealkylation sites (N-methyl/N-ethyl adjacent to an activating group) is 2. The molecule has 0 aromatic carbocycles. The lowest BCUT2D eigenvalue weighted by atomic mass is 9.98. The van der Waals surface area contributed by atoms with Crippen LogP contribution in [0, 0.1) is 0 Å². The molecule has 1 aliphatic heterocycles. The van der Waals surface area contributed by atoms with Crippen LogP contribution < -0.4 is 0 Å². The fraction of sp³-hybridized carbons (Fsp3) is 1.00. The maximum Gasteiger partial charge on any atom is 0.0656 e. The third-order valence-electron chi connectivity index (χ3n) is 2.80. The summed E-state index contributed by atoms with van der Waals surface area (Å²) in [4.78, 5) is 4.75. The Balaban J connectivity index is 2.57. The van der Waals surface area contributed by atoms with E-state index in [1.165, 1.54) is 0 Å². The number of rotatable bonds is 2. The Bertz CT molecular complexity index is 151. The molecule has 0 aromatic rings. The molecule has 1 aliphatic rings. The van der Waals surface area contributed by atoms with Crippen LogP contribution in [-0.4, -0.2) is 62.8 Å². The van der Waals surface area contributed by atoms with E-state index in [9.17, 15) is 0 Å². The number of ether oxygens (including phenoxy) is 1. The molecule has 1 heterocycles. The maximum atomic E-state index is 5.23. The van der Waals surface area contributed by atoms with E-state index in [0.717, 1.165) is 26.2 Å². The van der Waals surface area contributed by atoms with Crippen LogP contribution in [-0.2, 0) is 4.74 Å². The minimum atomic E-state index is 0.196. The molecule has 1 fully saturated rings. The van der Waals surface area contributed by atoms with Crippen LogP contribution in [0.5, 0.6) is 0 Å². The first-order valence-electron chi connectivity index (χ1n) is 4.47. The molecule has 3 heteroatoms. The van der Waals surface area contributed by atoms with Crippen molar-refractivity contribution in [2.45, 2.75) is 12.5 Å². The van der Waals surface area contributed by atoms with Crippen LogP contribution in [0.2, 0.25) is 0 Å². The first-order valence-corrected chi connectivity index (χ1v) is 4.47. The average molecular weight is 172 g/mol. The highest BCUT2D eigenvalue weighted by atomic mass is 16.5. The van der Waals surface area contributed by atoms with Crippen molar-refractivity contribution in [3.05, 3.63) is 0 Å².